The van der Waals surface area contributed by atoms with Crippen LogP contribution in [0.4, 0.5) is 0 Å². The highest BCUT2D eigenvalue weighted by Gasteiger charge is 2.26. The quantitative estimate of drug-likeness (QED) is 0.260. The Labute approximate surface area is 155 Å². The Morgan fingerprint density at radius 2 is 1.40 bits per heavy atom. The first-order valence-electron chi connectivity index (χ1n) is 10.6. The van der Waals surface area contributed by atoms with Crippen molar-refractivity contribution in [3.05, 3.63) is 0 Å². The fourth-order valence-electron chi connectivity index (χ4n) is 3.29. The van der Waals surface area contributed by atoms with E-state index in [0.29, 0.717) is 13.2 Å². The van der Waals surface area contributed by atoms with Crippen molar-refractivity contribution in [2.45, 2.75) is 116 Å². The summed E-state index contributed by atoms with van der Waals surface area (Å²) in [6.07, 6.45) is 18.5. The zero-order valence-corrected chi connectivity index (χ0v) is 16.6. The topological polar surface area (TPSA) is 44.8 Å². The summed E-state index contributed by atoms with van der Waals surface area (Å²) in [6, 6.07) is 0. The third kappa shape index (κ3) is 13.3. The average molecular weight is 357 g/mol. The van der Waals surface area contributed by atoms with Crippen LogP contribution in [0, 0.1) is 0 Å². The van der Waals surface area contributed by atoms with Crippen LogP contribution < -0.4 is 0 Å². The molecular weight excluding hydrogens is 316 g/mol. The summed E-state index contributed by atoms with van der Waals surface area (Å²) >= 11 is 0. The molecule has 0 amide bonds. The molecule has 1 aliphatic heterocycles. The van der Waals surface area contributed by atoms with Crippen molar-refractivity contribution in [3.63, 3.8) is 0 Å². The van der Waals surface area contributed by atoms with Crippen molar-refractivity contribution in [3.8, 4) is 0 Å². The third-order valence-electron chi connectivity index (χ3n) is 4.83. The minimum absolute atomic E-state index is 0.0872. The normalized spacial score (nSPS) is 20.1. The first-order valence-corrected chi connectivity index (χ1v) is 10.6. The van der Waals surface area contributed by atoms with Crippen LogP contribution in [-0.2, 0) is 19.0 Å². The fraction of sp³-hybridized carbons (Fsp3) is 0.952. The molecule has 0 bridgehead atoms. The van der Waals surface area contributed by atoms with E-state index < -0.39 is 0 Å². The monoisotopic (exact) mass is 356 g/mol. The number of esters is 1. The lowest BCUT2D eigenvalue weighted by atomic mass is 10.0. The molecule has 4 heteroatoms. The Morgan fingerprint density at radius 3 is 1.92 bits per heavy atom. The molecule has 0 N–H and O–H groups in total. The van der Waals surface area contributed by atoms with Crippen LogP contribution in [0.3, 0.4) is 0 Å². The van der Waals surface area contributed by atoms with Gasteiger partial charge in [-0.15, -0.1) is 0 Å². The molecule has 0 spiro atoms. The van der Waals surface area contributed by atoms with Crippen molar-refractivity contribution < 1.29 is 19.0 Å². The fourth-order valence-corrected chi connectivity index (χ4v) is 3.29. The second kappa shape index (κ2) is 15.6. The van der Waals surface area contributed by atoms with Gasteiger partial charge in [-0.05, 0) is 12.8 Å². The highest BCUT2D eigenvalue weighted by molar-refractivity contribution is 5.65. The van der Waals surface area contributed by atoms with Gasteiger partial charge in [-0.3, -0.25) is 4.79 Å². The summed E-state index contributed by atoms with van der Waals surface area (Å²) in [5.41, 5.74) is 0. The van der Waals surface area contributed by atoms with Crippen molar-refractivity contribution in [1.82, 2.24) is 0 Å². The van der Waals surface area contributed by atoms with E-state index in [1.54, 1.807) is 0 Å². The van der Waals surface area contributed by atoms with E-state index in [0.717, 1.165) is 12.8 Å². The molecule has 0 aliphatic carbocycles. The Morgan fingerprint density at radius 1 is 0.880 bits per heavy atom. The average Bonchev–Trinajstić information content (AvgIpc) is 3.05. The summed E-state index contributed by atoms with van der Waals surface area (Å²) in [7, 11) is 0. The minimum atomic E-state index is -0.261. The molecule has 1 rings (SSSR count). The lowest BCUT2D eigenvalue weighted by molar-refractivity contribution is -0.145. The molecule has 0 saturated carbocycles. The molecule has 0 radical (unpaired) electrons. The predicted molar refractivity (Wildman–Crippen MR) is 102 cm³/mol. The molecule has 0 aromatic carbocycles. The Balaban J connectivity index is 1.78. The summed E-state index contributed by atoms with van der Waals surface area (Å²) in [5, 5.41) is 0. The largest absolute Gasteiger partial charge is 0.463 e. The second-order valence-corrected chi connectivity index (χ2v) is 7.35. The van der Waals surface area contributed by atoms with Gasteiger partial charge in [0.25, 0.3) is 0 Å². The highest BCUT2D eigenvalue weighted by atomic mass is 16.7. The molecular formula is C21H40O4. The molecule has 25 heavy (non-hydrogen) atoms. The lowest BCUT2D eigenvalue weighted by Gasteiger charge is -2.11. The number of ether oxygens (including phenoxy) is 3. The van der Waals surface area contributed by atoms with E-state index in [9.17, 15) is 4.79 Å². The zero-order valence-electron chi connectivity index (χ0n) is 16.6. The molecule has 4 nitrogen and oxygen atoms in total. The highest BCUT2D eigenvalue weighted by Crippen LogP contribution is 2.19. The van der Waals surface area contributed by atoms with Gasteiger partial charge in [0.05, 0.1) is 6.61 Å². The molecule has 148 valence electrons. The van der Waals surface area contributed by atoms with Crippen LogP contribution in [0.1, 0.15) is 104 Å². The number of hydrogen-bond donors (Lipinski definition) is 0. The molecule has 2 atom stereocenters. The first-order chi connectivity index (χ1) is 12.2. The van der Waals surface area contributed by atoms with E-state index >= 15 is 0 Å². The van der Waals surface area contributed by atoms with E-state index in [1.807, 2.05) is 0 Å². The Hall–Kier alpha value is -0.610. The molecule has 1 saturated heterocycles. The number of unbranched alkanes of at least 4 members (excludes halogenated alkanes) is 12. The van der Waals surface area contributed by atoms with Crippen molar-refractivity contribution >= 4 is 5.97 Å². The van der Waals surface area contributed by atoms with E-state index in [1.165, 1.54) is 84.0 Å². The van der Waals surface area contributed by atoms with Gasteiger partial charge in [0.2, 0.25) is 0 Å². The molecule has 0 aromatic rings. The number of carbonyl (C=O) groups excluding carboxylic acids is 1. The van der Waals surface area contributed by atoms with Crippen molar-refractivity contribution in [1.29, 1.82) is 0 Å². The van der Waals surface area contributed by atoms with Crippen LogP contribution in [0.5, 0.6) is 0 Å². The van der Waals surface area contributed by atoms with Gasteiger partial charge in [-0.25, -0.2) is 0 Å². The van der Waals surface area contributed by atoms with Crippen LogP contribution in [0.15, 0.2) is 0 Å². The van der Waals surface area contributed by atoms with Crippen LogP contribution >= 0.6 is 0 Å². The summed E-state index contributed by atoms with van der Waals surface area (Å²) < 4.78 is 16.3. The van der Waals surface area contributed by atoms with E-state index in [-0.39, 0.29) is 18.4 Å². The number of hydrogen-bond acceptors (Lipinski definition) is 4. The maximum absolute atomic E-state index is 10.8. The van der Waals surface area contributed by atoms with Crippen LogP contribution in [-0.4, -0.2) is 31.6 Å². The van der Waals surface area contributed by atoms with Crippen LogP contribution in [0.25, 0.3) is 0 Å². The third-order valence-corrected chi connectivity index (χ3v) is 4.83. The summed E-state index contributed by atoms with van der Waals surface area (Å²) in [4.78, 5) is 10.8. The molecule has 0 unspecified atom stereocenters. The van der Waals surface area contributed by atoms with Gasteiger partial charge in [0.1, 0.15) is 12.7 Å². The van der Waals surface area contributed by atoms with Crippen molar-refractivity contribution in [2.75, 3.05) is 13.2 Å². The standard InChI is InChI=1S/C21H40O4/c1-3-4-5-6-7-8-9-10-11-12-13-14-15-16-21-24-18-20(25-21)17-23-19(2)22/h20-21H,3-18H2,1-2H3/t20-,21-/m1/s1. The van der Waals surface area contributed by atoms with Gasteiger partial charge in [-0.1, -0.05) is 84.0 Å². The molecule has 0 aromatic heterocycles. The van der Waals surface area contributed by atoms with Gasteiger partial charge in [-0.2, -0.15) is 0 Å². The summed E-state index contributed by atoms with van der Waals surface area (Å²) in [6.45, 7) is 4.54. The number of carbonyl (C=O) groups is 1. The maximum Gasteiger partial charge on any atom is 0.302 e. The zero-order chi connectivity index (χ0) is 18.2. The van der Waals surface area contributed by atoms with Crippen LogP contribution in [0.2, 0.25) is 0 Å². The van der Waals surface area contributed by atoms with Gasteiger partial charge in [0, 0.05) is 6.92 Å². The Kier molecular flexibility index (Phi) is 14.0. The van der Waals surface area contributed by atoms with Gasteiger partial charge >= 0.3 is 5.97 Å². The van der Waals surface area contributed by atoms with E-state index in [4.69, 9.17) is 14.2 Å². The maximum atomic E-state index is 10.8. The lowest BCUT2D eigenvalue weighted by Crippen LogP contribution is -2.20. The van der Waals surface area contributed by atoms with Gasteiger partial charge < -0.3 is 14.2 Å². The SMILES string of the molecule is CCCCCCCCCCCCCCC[C@@H]1OC[C@@H](COC(C)=O)O1. The van der Waals surface area contributed by atoms with Crippen molar-refractivity contribution in [2.24, 2.45) is 0 Å². The number of rotatable bonds is 16. The first kappa shape index (κ1) is 22.4. The molecule has 1 aliphatic rings. The smallest absolute Gasteiger partial charge is 0.302 e. The minimum Gasteiger partial charge on any atom is -0.463 e. The predicted octanol–water partition coefficient (Wildman–Crippen LogP) is 5.77. The molecule has 1 heterocycles. The van der Waals surface area contributed by atoms with E-state index in [2.05, 4.69) is 6.92 Å². The summed E-state index contributed by atoms with van der Waals surface area (Å²) in [5.74, 6) is -0.261. The molecule has 1 fully saturated rings. The Bertz CT molecular complexity index is 319. The van der Waals surface area contributed by atoms with Gasteiger partial charge in [0.15, 0.2) is 6.29 Å². The second-order valence-electron chi connectivity index (χ2n) is 7.35.